The first kappa shape index (κ1) is 29.6. The molecule has 0 aliphatic carbocycles. The normalized spacial score (nSPS) is 12.2. The number of furan rings is 1. The molecule has 7 aromatic rings. The number of rotatable bonds is 7. The quantitative estimate of drug-likeness (QED) is 0.181. The first-order valence-corrected chi connectivity index (χ1v) is 16.0. The van der Waals surface area contributed by atoms with E-state index in [4.69, 9.17) is 19.4 Å². The molecule has 6 nitrogen and oxygen atoms in total. The molecule has 230 valence electrons. The van der Waals surface area contributed by atoms with Gasteiger partial charge in [-0.05, 0) is 86.2 Å². The highest BCUT2D eigenvalue weighted by Gasteiger charge is 2.28. The summed E-state index contributed by atoms with van der Waals surface area (Å²) >= 11 is 0. The molecule has 0 atom stereocenters. The van der Waals surface area contributed by atoms with Crippen molar-refractivity contribution in [3.8, 4) is 28.5 Å². The van der Waals surface area contributed by atoms with Gasteiger partial charge in [-0.3, -0.25) is 9.55 Å². The Kier molecular flexibility index (Phi) is 7.31. The van der Waals surface area contributed by atoms with Crippen molar-refractivity contribution >= 4 is 22.1 Å². The zero-order valence-corrected chi connectivity index (χ0v) is 27.5. The summed E-state index contributed by atoms with van der Waals surface area (Å²) in [5.41, 5.74) is 10.2. The van der Waals surface area contributed by atoms with Crippen molar-refractivity contribution < 1.29 is 4.42 Å². The molecular weight excluding hydrogens is 566 g/mol. The van der Waals surface area contributed by atoms with Crippen LogP contribution in [0.25, 0.3) is 50.5 Å². The van der Waals surface area contributed by atoms with Crippen molar-refractivity contribution in [2.45, 2.75) is 65.7 Å². The Morgan fingerprint density at radius 2 is 1.30 bits per heavy atom. The number of aromatic nitrogens is 5. The van der Waals surface area contributed by atoms with Crippen LogP contribution in [0.4, 0.5) is 0 Å². The topological polar surface area (TPSA) is 69.6 Å². The molecule has 0 spiro atoms. The number of aryl methyl sites for hydroxylation is 1. The van der Waals surface area contributed by atoms with Gasteiger partial charge in [0.05, 0.1) is 22.8 Å². The highest BCUT2D eigenvalue weighted by molar-refractivity contribution is 6.08. The third kappa shape index (κ3) is 4.98. The van der Waals surface area contributed by atoms with Crippen LogP contribution in [0.1, 0.15) is 81.6 Å². The molecule has 46 heavy (non-hydrogen) atoms. The maximum atomic E-state index is 6.31. The predicted octanol–water partition coefficient (Wildman–Crippen LogP) is 10.2. The lowest BCUT2D eigenvalue weighted by Crippen LogP contribution is -2.22. The average Bonchev–Trinajstić information content (AvgIpc) is 3.69. The van der Waals surface area contributed by atoms with Crippen LogP contribution in [-0.2, 0) is 5.41 Å². The fraction of sp³-hybridized carbons (Fsp3) is 0.250. The first-order valence-electron chi connectivity index (χ1n) is 16.0. The van der Waals surface area contributed by atoms with Gasteiger partial charge in [0.2, 0.25) is 5.71 Å². The van der Waals surface area contributed by atoms with Gasteiger partial charge in [0, 0.05) is 39.8 Å². The van der Waals surface area contributed by atoms with E-state index in [1.807, 2.05) is 31.3 Å². The number of para-hydroxylation sites is 2. The molecule has 5 aromatic heterocycles. The van der Waals surface area contributed by atoms with Crippen LogP contribution in [0.2, 0.25) is 0 Å². The highest BCUT2D eigenvalue weighted by atomic mass is 16.3. The summed E-state index contributed by atoms with van der Waals surface area (Å²) in [7, 11) is 0. The smallest absolute Gasteiger partial charge is 0.227 e. The molecule has 0 aliphatic rings. The van der Waals surface area contributed by atoms with Crippen molar-refractivity contribution in [1.82, 2.24) is 24.5 Å². The average molecular weight is 606 g/mol. The summed E-state index contributed by atoms with van der Waals surface area (Å²) in [6, 6.07) is 29.3. The van der Waals surface area contributed by atoms with Gasteiger partial charge in [-0.2, -0.15) is 0 Å². The summed E-state index contributed by atoms with van der Waals surface area (Å²) in [5, 5.41) is 2.05. The van der Waals surface area contributed by atoms with Gasteiger partial charge in [0.15, 0.2) is 5.82 Å². The standard InChI is InChI=1S/C40H39N5O/c1-24(2)27-12-8-13-28(25(3)4)36(27)45-23-22-41-38(45)33-17-11-19-35(44-33)40(6,7)34-18-10-16-32(43-34)31-15-9-14-29-30-21-20-26(5)42-39(30)46-37(29)31/h8-25H,1-7H3. The Labute approximate surface area is 270 Å². The Morgan fingerprint density at radius 1 is 0.674 bits per heavy atom. The summed E-state index contributed by atoms with van der Waals surface area (Å²) in [6.07, 6.45) is 3.93. The van der Waals surface area contributed by atoms with E-state index < -0.39 is 5.41 Å². The van der Waals surface area contributed by atoms with Gasteiger partial charge >= 0.3 is 0 Å². The molecule has 0 bridgehead atoms. The second-order valence-corrected chi connectivity index (χ2v) is 13.2. The van der Waals surface area contributed by atoms with Gasteiger partial charge < -0.3 is 4.42 Å². The van der Waals surface area contributed by atoms with Gasteiger partial charge in [-0.1, -0.05) is 70.2 Å². The molecule has 0 radical (unpaired) electrons. The van der Waals surface area contributed by atoms with Crippen molar-refractivity contribution in [3.63, 3.8) is 0 Å². The summed E-state index contributed by atoms with van der Waals surface area (Å²) in [6.45, 7) is 15.3. The third-order valence-electron chi connectivity index (χ3n) is 9.01. The summed E-state index contributed by atoms with van der Waals surface area (Å²) in [5.74, 6) is 1.56. The van der Waals surface area contributed by atoms with E-state index >= 15 is 0 Å². The van der Waals surface area contributed by atoms with Gasteiger partial charge in [-0.25, -0.2) is 15.0 Å². The van der Waals surface area contributed by atoms with E-state index in [1.165, 1.54) is 16.8 Å². The van der Waals surface area contributed by atoms with Gasteiger partial charge in [0.1, 0.15) is 11.3 Å². The second-order valence-electron chi connectivity index (χ2n) is 13.2. The number of pyridine rings is 3. The molecule has 0 saturated carbocycles. The Hall–Kier alpha value is -5.10. The van der Waals surface area contributed by atoms with E-state index in [0.29, 0.717) is 17.5 Å². The molecule has 7 rings (SSSR count). The Morgan fingerprint density at radius 3 is 2.00 bits per heavy atom. The number of benzene rings is 2. The fourth-order valence-electron chi connectivity index (χ4n) is 6.41. The fourth-order valence-corrected chi connectivity index (χ4v) is 6.41. The van der Waals surface area contributed by atoms with Gasteiger partial charge in [-0.15, -0.1) is 0 Å². The van der Waals surface area contributed by atoms with Crippen LogP contribution in [0.3, 0.4) is 0 Å². The molecule has 0 saturated heterocycles. The Bertz CT molecular complexity index is 2190. The lowest BCUT2D eigenvalue weighted by molar-refractivity contribution is 0.596. The number of imidazole rings is 1. The first-order chi connectivity index (χ1) is 22.1. The van der Waals surface area contributed by atoms with Crippen LogP contribution in [0, 0.1) is 6.92 Å². The second kappa shape index (κ2) is 11.4. The molecule has 0 aliphatic heterocycles. The van der Waals surface area contributed by atoms with E-state index in [-0.39, 0.29) is 0 Å². The van der Waals surface area contributed by atoms with Crippen LogP contribution < -0.4 is 0 Å². The number of nitrogens with zero attached hydrogens (tertiary/aromatic N) is 5. The van der Waals surface area contributed by atoms with Crippen LogP contribution in [-0.4, -0.2) is 24.5 Å². The highest BCUT2D eigenvalue weighted by Crippen LogP contribution is 2.38. The van der Waals surface area contributed by atoms with Crippen molar-refractivity contribution in [1.29, 1.82) is 0 Å². The molecule has 0 unspecified atom stereocenters. The van der Waals surface area contributed by atoms with Crippen molar-refractivity contribution in [3.05, 3.63) is 126 Å². The molecular formula is C40H39N5O. The lowest BCUT2D eigenvalue weighted by Gasteiger charge is -2.25. The van der Waals surface area contributed by atoms with E-state index in [9.17, 15) is 0 Å². The monoisotopic (exact) mass is 605 g/mol. The molecule has 5 heterocycles. The molecule has 6 heteroatoms. The maximum absolute atomic E-state index is 6.31. The predicted molar refractivity (Wildman–Crippen MR) is 187 cm³/mol. The number of fused-ring (bicyclic) bond motifs is 3. The van der Waals surface area contributed by atoms with Crippen molar-refractivity contribution in [2.75, 3.05) is 0 Å². The van der Waals surface area contributed by atoms with E-state index in [0.717, 1.165) is 56.2 Å². The molecule has 2 aromatic carbocycles. The Balaban J connectivity index is 1.30. The minimum Gasteiger partial charge on any atom is -0.437 e. The van der Waals surface area contributed by atoms with E-state index in [2.05, 4.69) is 124 Å². The number of hydrogen-bond acceptors (Lipinski definition) is 5. The van der Waals surface area contributed by atoms with Gasteiger partial charge in [0.25, 0.3) is 0 Å². The van der Waals surface area contributed by atoms with E-state index in [1.54, 1.807) is 0 Å². The summed E-state index contributed by atoms with van der Waals surface area (Å²) < 4.78 is 8.52. The van der Waals surface area contributed by atoms with Crippen LogP contribution in [0.15, 0.2) is 102 Å². The zero-order valence-electron chi connectivity index (χ0n) is 27.5. The number of hydrogen-bond donors (Lipinski definition) is 0. The molecule has 0 N–H and O–H groups in total. The SMILES string of the molecule is Cc1ccc2c(n1)oc1c(-c3cccc(C(C)(C)c4cccc(-c5nccn5-c5c(C(C)C)cccc5C(C)C)n4)n3)cccc12. The molecule has 0 fully saturated rings. The summed E-state index contributed by atoms with van der Waals surface area (Å²) in [4.78, 5) is 19.9. The minimum absolute atomic E-state index is 0.367. The minimum atomic E-state index is -0.483. The zero-order chi connectivity index (χ0) is 32.2. The van der Waals surface area contributed by atoms with Crippen LogP contribution >= 0.6 is 0 Å². The maximum Gasteiger partial charge on any atom is 0.227 e. The third-order valence-corrected chi connectivity index (χ3v) is 9.01. The lowest BCUT2D eigenvalue weighted by atomic mass is 9.84. The largest absolute Gasteiger partial charge is 0.437 e. The van der Waals surface area contributed by atoms with Crippen molar-refractivity contribution in [2.24, 2.45) is 0 Å². The van der Waals surface area contributed by atoms with Crippen LogP contribution in [0.5, 0.6) is 0 Å². The molecule has 0 amide bonds.